The maximum atomic E-state index is 11.3. The maximum Gasteiger partial charge on any atom is 0.335 e. The van der Waals surface area contributed by atoms with Crippen LogP contribution in [0.5, 0.6) is 0 Å². The van der Waals surface area contributed by atoms with Gasteiger partial charge in [-0.1, -0.05) is 12.1 Å². The SMILES string of the molecule is O=C1NC(=Cc2ccc(C(=O)O)cc2)C(=O)S1. The van der Waals surface area contributed by atoms with E-state index in [2.05, 4.69) is 5.32 Å². The molecule has 0 radical (unpaired) electrons. The summed E-state index contributed by atoms with van der Waals surface area (Å²) in [4.78, 5) is 32.8. The van der Waals surface area contributed by atoms with Crippen LogP contribution in [0.25, 0.3) is 6.08 Å². The van der Waals surface area contributed by atoms with E-state index in [-0.39, 0.29) is 16.4 Å². The first-order chi connectivity index (χ1) is 8.06. The second-order valence-electron chi connectivity index (χ2n) is 3.29. The van der Waals surface area contributed by atoms with E-state index in [0.717, 1.165) is 0 Å². The molecule has 2 rings (SSSR count). The predicted molar refractivity (Wildman–Crippen MR) is 62.5 cm³/mol. The van der Waals surface area contributed by atoms with Crippen molar-refractivity contribution in [3.63, 3.8) is 0 Å². The summed E-state index contributed by atoms with van der Waals surface area (Å²) in [7, 11) is 0. The van der Waals surface area contributed by atoms with E-state index in [9.17, 15) is 14.4 Å². The second kappa shape index (κ2) is 4.42. The molecule has 0 spiro atoms. The van der Waals surface area contributed by atoms with Crippen LogP contribution in [0.2, 0.25) is 0 Å². The first-order valence-electron chi connectivity index (χ1n) is 4.64. The summed E-state index contributed by atoms with van der Waals surface area (Å²) in [6.45, 7) is 0. The molecule has 17 heavy (non-hydrogen) atoms. The Hall–Kier alpha value is -2.08. The molecule has 1 aromatic rings. The van der Waals surface area contributed by atoms with Crippen molar-refractivity contribution in [3.05, 3.63) is 41.1 Å². The minimum atomic E-state index is -1.01. The lowest BCUT2D eigenvalue weighted by Crippen LogP contribution is -2.10. The minimum absolute atomic E-state index is 0.170. The van der Waals surface area contributed by atoms with Crippen molar-refractivity contribution >= 4 is 34.2 Å². The average molecular weight is 249 g/mol. The quantitative estimate of drug-likeness (QED) is 0.779. The van der Waals surface area contributed by atoms with Crippen LogP contribution in [0.4, 0.5) is 4.79 Å². The smallest absolute Gasteiger partial charge is 0.335 e. The van der Waals surface area contributed by atoms with Gasteiger partial charge in [-0.2, -0.15) is 0 Å². The molecule has 1 amide bonds. The molecule has 1 saturated heterocycles. The topological polar surface area (TPSA) is 83.5 Å². The number of rotatable bonds is 2. The number of nitrogens with one attached hydrogen (secondary N) is 1. The summed E-state index contributed by atoms with van der Waals surface area (Å²) in [5, 5.41) is 10.4. The molecule has 5 nitrogen and oxygen atoms in total. The van der Waals surface area contributed by atoms with Gasteiger partial charge in [0.25, 0.3) is 5.24 Å². The molecule has 2 N–H and O–H groups in total. The summed E-state index contributed by atoms with van der Waals surface area (Å²) in [6, 6.07) is 6.00. The van der Waals surface area contributed by atoms with Gasteiger partial charge in [-0.3, -0.25) is 9.59 Å². The molecule has 1 aliphatic rings. The highest BCUT2D eigenvalue weighted by atomic mass is 32.2. The third kappa shape index (κ3) is 2.54. The van der Waals surface area contributed by atoms with Gasteiger partial charge in [0.2, 0.25) is 5.12 Å². The minimum Gasteiger partial charge on any atom is -0.478 e. The Morgan fingerprint density at radius 2 is 1.88 bits per heavy atom. The van der Waals surface area contributed by atoms with Gasteiger partial charge >= 0.3 is 5.97 Å². The summed E-state index contributed by atoms with van der Waals surface area (Å²) >= 11 is 0.604. The first-order valence-corrected chi connectivity index (χ1v) is 5.46. The van der Waals surface area contributed by atoms with Gasteiger partial charge in [0, 0.05) is 11.8 Å². The van der Waals surface area contributed by atoms with E-state index in [1.165, 1.54) is 18.2 Å². The van der Waals surface area contributed by atoms with E-state index in [1.807, 2.05) is 0 Å². The van der Waals surface area contributed by atoms with Gasteiger partial charge in [-0.15, -0.1) is 0 Å². The van der Waals surface area contributed by atoms with Gasteiger partial charge in [-0.25, -0.2) is 4.79 Å². The highest BCUT2D eigenvalue weighted by Crippen LogP contribution is 2.20. The van der Waals surface area contributed by atoms with Crippen LogP contribution in [-0.2, 0) is 4.79 Å². The summed E-state index contributed by atoms with van der Waals surface area (Å²) < 4.78 is 0. The molecule has 0 unspecified atom stereocenters. The molecule has 0 aliphatic carbocycles. The van der Waals surface area contributed by atoms with E-state index >= 15 is 0 Å². The number of carboxylic acid groups (broad SMARTS) is 1. The van der Waals surface area contributed by atoms with Gasteiger partial charge in [0.15, 0.2) is 0 Å². The molecule has 1 heterocycles. The number of thioether (sulfide) groups is 1. The standard InChI is InChI=1S/C11H7NO4S/c13-9(14)7-3-1-6(2-4-7)5-8-10(15)17-11(16)12-8/h1-5H,(H,12,16)(H,13,14). The van der Waals surface area contributed by atoms with Crippen molar-refractivity contribution in [1.29, 1.82) is 0 Å². The number of aromatic carboxylic acids is 1. The summed E-state index contributed by atoms with van der Waals surface area (Å²) in [6.07, 6.45) is 1.51. The number of benzene rings is 1. The van der Waals surface area contributed by atoms with Crippen molar-refractivity contribution < 1.29 is 19.5 Å². The lowest BCUT2D eigenvalue weighted by atomic mass is 10.1. The predicted octanol–water partition coefficient (Wildman–Crippen LogP) is 1.71. The monoisotopic (exact) mass is 249 g/mol. The highest BCUT2D eigenvalue weighted by molar-refractivity contribution is 8.27. The van der Waals surface area contributed by atoms with E-state index in [4.69, 9.17) is 5.11 Å². The zero-order valence-corrected chi connectivity index (χ0v) is 9.28. The van der Waals surface area contributed by atoms with Crippen LogP contribution in [0, 0.1) is 0 Å². The van der Waals surface area contributed by atoms with Crippen LogP contribution < -0.4 is 5.32 Å². The third-order valence-corrected chi connectivity index (χ3v) is 2.80. The molecule has 86 valence electrons. The van der Waals surface area contributed by atoms with E-state index in [1.54, 1.807) is 12.1 Å². The third-order valence-electron chi connectivity index (χ3n) is 2.11. The summed E-state index contributed by atoms with van der Waals surface area (Å²) in [5.41, 5.74) is 1.03. The molecular formula is C11H7NO4S. The van der Waals surface area contributed by atoms with Crippen molar-refractivity contribution in [2.75, 3.05) is 0 Å². The molecule has 1 fully saturated rings. The first kappa shape index (κ1) is 11.4. The van der Waals surface area contributed by atoms with Crippen LogP contribution in [0.3, 0.4) is 0 Å². The largest absolute Gasteiger partial charge is 0.478 e. The fourth-order valence-electron chi connectivity index (χ4n) is 1.31. The fourth-order valence-corrected chi connectivity index (χ4v) is 1.86. The average Bonchev–Trinajstić information content (AvgIpc) is 2.58. The van der Waals surface area contributed by atoms with Crippen LogP contribution in [-0.4, -0.2) is 21.4 Å². The number of carbonyl (C=O) groups is 3. The summed E-state index contributed by atoms with van der Waals surface area (Å²) in [5.74, 6) is -1.01. The second-order valence-corrected chi connectivity index (χ2v) is 4.23. The van der Waals surface area contributed by atoms with Gasteiger partial charge < -0.3 is 10.4 Å². The Kier molecular flexibility index (Phi) is 2.97. The molecule has 0 saturated carbocycles. The number of hydrogen-bond donors (Lipinski definition) is 2. The lowest BCUT2D eigenvalue weighted by Gasteiger charge is -1.97. The number of carbonyl (C=O) groups excluding carboxylic acids is 2. The number of hydrogen-bond acceptors (Lipinski definition) is 4. The van der Waals surface area contributed by atoms with Crippen LogP contribution in [0.15, 0.2) is 30.0 Å². The lowest BCUT2D eigenvalue weighted by molar-refractivity contribution is -0.107. The van der Waals surface area contributed by atoms with Crippen molar-refractivity contribution in [3.8, 4) is 0 Å². The normalized spacial score (nSPS) is 17.3. The van der Waals surface area contributed by atoms with Gasteiger partial charge in [-0.05, 0) is 23.8 Å². The molecular weight excluding hydrogens is 242 g/mol. The maximum absolute atomic E-state index is 11.3. The van der Waals surface area contributed by atoms with Crippen molar-refractivity contribution in [2.24, 2.45) is 0 Å². The Morgan fingerprint density at radius 1 is 1.24 bits per heavy atom. The zero-order valence-electron chi connectivity index (χ0n) is 8.47. The van der Waals surface area contributed by atoms with Crippen molar-refractivity contribution in [2.45, 2.75) is 0 Å². The molecule has 0 aromatic heterocycles. The number of carboxylic acids is 1. The molecule has 1 aliphatic heterocycles. The van der Waals surface area contributed by atoms with Crippen molar-refractivity contribution in [1.82, 2.24) is 5.32 Å². The Bertz CT molecular complexity index is 533. The highest BCUT2D eigenvalue weighted by Gasteiger charge is 2.25. The molecule has 1 aromatic carbocycles. The zero-order chi connectivity index (χ0) is 12.4. The number of amides is 1. The Labute approximate surface area is 101 Å². The van der Waals surface area contributed by atoms with E-state index < -0.39 is 11.2 Å². The van der Waals surface area contributed by atoms with Gasteiger partial charge in [0.1, 0.15) is 0 Å². The Morgan fingerprint density at radius 3 is 2.35 bits per heavy atom. The molecule has 0 bridgehead atoms. The molecule has 0 atom stereocenters. The van der Waals surface area contributed by atoms with Crippen LogP contribution >= 0.6 is 11.8 Å². The fraction of sp³-hybridized carbons (Fsp3) is 0. The Balaban J connectivity index is 2.24. The molecule has 6 heteroatoms. The van der Waals surface area contributed by atoms with Gasteiger partial charge in [0.05, 0.1) is 11.3 Å². The van der Waals surface area contributed by atoms with Crippen LogP contribution in [0.1, 0.15) is 15.9 Å². The van der Waals surface area contributed by atoms with E-state index in [0.29, 0.717) is 17.3 Å².